The van der Waals surface area contributed by atoms with Gasteiger partial charge in [-0.2, -0.15) is 0 Å². The van der Waals surface area contributed by atoms with Crippen molar-refractivity contribution in [2.75, 3.05) is 26.2 Å². The molecule has 19 heavy (non-hydrogen) atoms. The van der Waals surface area contributed by atoms with Gasteiger partial charge in [0, 0.05) is 19.6 Å². The molecule has 1 atom stereocenters. The second kappa shape index (κ2) is 5.12. The average molecular weight is 266 g/mol. The zero-order valence-electron chi connectivity index (χ0n) is 11.3. The van der Waals surface area contributed by atoms with Crippen LogP contribution in [0.4, 0.5) is 0 Å². The van der Waals surface area contributed by atoms with Crippen LogP contribution < -0.4 is 5.32 Å². The predicted octanol–water partition coefficient (Wildman–Crippen LogP) is 0.684. The van der Waals surface area contributed by atoms with E-state index in [1.54, 1.807) is 0 Å². The summed E-state index contributed by atoms with van der Waals surface area (Å²) in [5.74, 6) is -0.287. The highest BCUT2D eigenvalue weighted by atomic mass is 16.6. The number of esters is 1. The van der Waals surface area contributed by atoms with E-state index in [1.165, 1.54) is 0 Å². The van der Waals surface area contributed by atoms with Crippen molar-refractivity contribution in [3.8, 4) is 0 Å². The number of rotatable bonds is 1. The summed E-state index contributed by atoms with van der Waals surface area (Å²) in [4.78, 5) is 26.3. The van der Waals surface area contributed by atoms with Gasteiger partial charge in [-0.05, 0) is 38.6 Å². The van der Waals surface area contributed by atoms with Gasteiger partial charge in [-0.25, -0.2) is 0 Å². The minimum absolute atomic E-state index is 0.136. The van der Waals surface area contributed by atoms with Crippen molar-refractivity contribution in [2.45, 2.75) is 44.1 Å². The first-order valence-corrected chi connectivity index (χ1v) is 7.43. The Labute approximate surface area is 113 Å². The molecular formula is C14H22N2O3. The molecule has 1 amide bonds. The molecule has 1 aliphatic carbocycles. The van der Waals surface area contributed by atoms with E-state index in [1.807, 2.05) is 4.90 Å². The Hall–Kier alpha value is -1.10. The summed E-state index contributed by atoms with van der Waals surface area (Å²) < 4.78 is 5.56. The molecule has 0 unspecified atom stereocenters. The molecule has 0 aromatic heterocycles. The topological polar surface area (TPSA) is 58.6 Å². The highest BCUT2D eigenvalue weighted by Crippen LogP contribution is 2.46. The Morgan fingerprint density at radius 3 is 2.79 bits per heavy atom. The fraction of sp³-hybridized carbons (Fsp3) is 0.857. The highest BCUT2D eigenvalue weighted by Gasteiger charge is 2.54. The van der Waals surface area contributed by atoms with E-state index in [9.17, 15) is 9.59 Å². The van der Waals surface area contributed by atoms with E-state index < -0.39 is 5.60 Å². The van der Waals surface area contributed by atoms with Crippen molar-refractivity contribution in [3.05, 3.63) is 0 Å². The van der Waals surface area contributed by atoms with Crippen molar-refractivity contribution in [1.82, 2.24) is 10.2 Å². The van der Waals surface area contributed by atoms with Crippen LogP contribution in [0, 0.1) is 5.92 Å². The van der Waals surface area contributed by atoms with Crippen molar-refractivity contribution in [3.63, 3.8) is 0 Å². The largest absolute Gasteiger partial charge is 0.458 e. The smallest absolute Gasteiger partial charge is 0.307 e. The molecule has 3 rings (SSSR count). The van der Waals surface area contributed by atoms with Crippen LogP contribution in [0.5, 0.6) is 0 Å². The maximum Gasteiger partial charge on any atom is 0.307 e. The Morgan fingerprint density at radius 2 is 2.00 bits per heavy atom. The first-order chi connectivity index (χ1) is 9.21. The van der Waals surface area contributed by atoms with Gasteiger partial charge in [0.1, 0.15) is 5.60 Å². The molecule has 0 bridgehead atoms. The molecule has 2 aliphatic heterocycles. The molecule has 2 saturated heterocycles. The molecule has 3 aliphatic rings. The molecule has 106 valence electrons. The van der Waals surface area contributed by atoms with Crippen molar-refractivity contribution in [1.29, 1.82) is 0 Å². The van der Waals surface area contributed by atoms with E-state index in [0.29, 0.717) is 0 Å². The number of hydrogen-bond donors (Lipinski definition) is 1. The maximum atomic E-state index is 12.7. The molecule has 1 N–H and O–H groups in total. The van der Waals surface area contributed by atoms with E-state index in [2.05, 4.69) is 5.32 Å². The lowest BCUT2D eigenvalue weighted by molar-refractivity contribution is -0.151. The van der Waals surface area contributed by atoms with Crippen LogP contribution in [0.3, 0.4) is 0 Å². The normalized spacial score (nSPS) is 30.4. The number of amides is 1. The van der Waals surface area contributed by atoms with Crippen molar-refractivity contribution >= 4 is 11.9 Å². The molecular weight excluding hydrogens is 244 g/mol. The van der Waals surface area contributed by atoms with Gasteiger partial charge in [-0.15, -0.1) is 0 Å². The van der Waals surface area contributed by atoms with E-state index in [-0.39, 0.29) is 24.2 Å². The van der Waals surface area contributed by atoms with Crippen molar-refractivity contribution in [2.24, 2.45) is 5.92 Å². The second-order valence-electron chi connectivity index (χ2n) is 5.93. The van der Waals surface area contributed by atoms with E-state index in [0.717, 1.165) is 58.3 Å². The molecule has 5 heteroatoms. The van der Waals surface area contributed by atoms with Crippen LogP contribution in [0.25, 0.3) is 0 Å². The zero-order chi connectivity index (χ0) is 13.3. The molecule has 5 nitrogen and oxygen atoms in total. The SMILES string of the molecule is O=C1C[C@H](C(=O)N2CCCNCC2)C2(CCCC2)O1. The average Bonchev–Trinajstić information content (AvgIpc) is 2.87. The summed E-state index contributed by atoms with van der Waals surface area (Å²) in [5.41, 5.74) is -0.464. The number of carbonyl (C=O) groups is 2. The van der Waals surface area contributed by atoms with Crippen LogP contribution in [-0.2, 0) is 14.3 Å². The minimum Gasteiger partial charge on any atom is -0.458 e. The van der Waals surface area contributed by atoms with Gasteiger partial charge in [0.2, 0.25) is 5.91 Å². The lowest BCUT2D eigenvalue weighted by Crippen LogP contribution is -2.46. The maximum absolute atomic E-state index is 12.7. The summed E-state index contributed by atoms with van der Waals surface area (Å²) in [6.07, 6.45) is 5.13. The number of nitrogens with zero attached hydrogens (tertiary/aromatic N) is 1. The zero-order valence-corrected chi connectivity index (χ0v) is 11.3. The quantitative estimate of drug-likeness (QED) is 0.709. The van der Waals surface area contributed by atoms with Crippen LogP contribution in [0.1, 0.15) is 38.5 Å². The predicted molar refractivity (Wildman–Crippen MR) is 69.5 cm³/mol. The first-order valence-electron chi connectivity index (χ1n) is 7.43. The summed E-state index contributed by atoms with van der Waals surface area (Å²) in [7, 11) is 0. The van der Waals surface area contributed by atoms with Gasteiger partial charge in [0.15, 0.2) is 0 Å². The molecule has 1 spiro atoms. The Balaban J connectivity index is 1.75. The summed E-state index contributed by atoms with van der Waals surface area (Å²) in [6, 6.07) is 0. The molecule has 0 radical (unpaired) electrons. The Kier molecular flexibility index (Phi) is 3.48. The van der Waals surface area contributed by atoms with Gasteiger partial charge in [0.05, 0.1) is 12.3 Å². The third kappa shape index (κ3) is 2.36. The van der Waals surface area contributed by atoms with Gasteiger partial charge >= 0.3 is 5.97 Å². The standard InChI is InChI=1S/C14H22N2O3/c17-12-10-11(14(19-12)4-1-2-5-14)13(18)16-8-3-6-15-7-9-16/h11,15H,1-10H2/t11-/m1/s1. The summed E-state index contributed by atoms with van der Waals surface area (Å²) in [6.45, 7) is 3.36. The molecule has 1 saturated carbocycles. The Bertz CT molecular complexity index is 369. The lowest BCUT2D eigenvalue weighted by Gasteiger charge is -2.32. The lowest BCUT2D eigenvalue weighted by atomic mass is 9.84. The third-order valence-electron chi connectivity index (χ3n) is 4.72. The van der Waals surface area contributed by atoms with Gasteiger partial charge < -0.3 is 15.0 Å². The molecule has 0 aromatic carbocycles. The molecule has 2 heterocycles. The van der Waals surface area contributed by atoms with Crippen LogP contribution in [0.2, 0.25) is 0 Å². The van der Waals surface area contributed by atoms with Crippen molar-refractivity contribution < 1.29 is 14.3 Å². The molecule has 3 fully saturated rings. The van der Waals surface area contributed by atoms with Crippen LogP contribution in [-0.4, -0.2) is 48.6 Å². The fourth-order valence-corrected chi connectivity index (χ4v) is 3.72. The van der Waals surface area contributed by atoms with Gasteiger partial charge in [-0.1, -0.05) is 0 Å². The van der Waals surface area contributed by atoms with Gasteiger partial charge in [-0.3, -0.25) is 9.59 Å². The number of ether oxygens (including phenoxy) is 1. The van der Waals surface area contributed by atoms with Gasteiger partial charge in [0.25, 0.3) is 0 Å². The van der Waals surface area contributed by atoms with Crippen LogP contribution in [0.15, 0.2) is 0 Å². The number of hydrogen-bond acceptors (Lipinski definition) is 4. The first kappa shape index (κ1) is 12.9. The van der Waals surface area contributed by atoms with E-state index in [4.69, 9.17) is 4.74 Å². The number of nitrogens with one attached hydrogen (secondary N) is 1. The number of carbonyl (C=O) groups excluding carboxylic acids is 2. The fourth-order valence-electron chi connectivity index (χ4n) is 3.72. The third-order valence-corrected chi connectivity index (χ3v) is 4.72. The summed E-state index contributed by atoms with van der Waals surface area (Å²) in [5, 5.41) is 3.30. The molecule has 0 aromatic rings. The van der Waals surface area contributed by atoms with E-state index >= 15 is 0 Å². The summed E-state index contributed by atoms with van der Waals surface area (Å²) >= 11 is 0. The highest BCUT2D eigenvalue weighted by molar-refractivity contribution is 5.88. The monoisotopic (exact) mass is 266 g/mol. The minimum atomic E-state index is -0.464. The second-order valence-corrected chi connectivity index (χ2v) is 5.93. The van der Waals surface area contributed by atoms with Crippen LogP contribution >= 0.6 is 0 Å². The Morgan fingerprint density at radius 1 is 1.21 bits per heavy atom.